The lowest BCUT2D eigenvalue weighted by atomic mass is 9.90. The van der Waals surface area contributed by atoms with Crippen LogP contribution in [0.15, 0.2) is 54.6 Å². The average molecular weight is 382 g/mol. The van der Waals surface area contributed by atoms with Crippen molar-refractivity contribution in [1.82, 2.24) is 0 Å². The summed E-state index contributed by atoms with van der Waals surface area (Å²) in [5, 5.41) is 1.40. The highest BCUT2D eigenvalue weighted by atomic mass is 19.4. The molecule has 4 rings (SSSR count). The van der Waals surface area contributed by atoms with Gasteiger partial charge in [0.15, 0.2) is 5.78 Å². The molecule has 1 aliphatic rings. The molecule has 0 amide bonds. The predicted octanol–water partition coefficient (Wildman–Crippen LogP) is 6.72. The molecular weight excluding hydrogens is 361 g/mol. The maximum atomic E-state index is 13.4. The fourth-order valence-corrected chi connectivity index (χ4v) is 4.13. The largest absolute Gasteiger partial charge is 0.416 e. The first-order chi connectivity index (χ1) is 13.4. The van der Waals surface area contributed by atoms with E-state index in [1.807, 2.05) is 43.3 Å². The third kappa shape index (κ3) is 3.32. The van der Waals surface area contributed by atoms with Crippen LogP contribution < -0.4 is 0 Å². The molecule has 0 heterocycles. The second-order valence-electron chi connectivity index (χ2n) is 7.50. The molecule has 1 atom stereocenters. The van der Waals surface area contributed by atoms with E-state index in [0.29, 0.717) is 18.2 Å². The van der Waals surface area contributed by atoms with E-state index in [1.54, 1.807) is 6.07 Å². The molecule has 0 bridgehead atoms. The summed E-state index contributed by atoms with van der Waals surface area (Å²) in [6.45, 7) is 2.03. The molecular formula is C24H21F3O. The van der Waals surface area contributed by atoms with E-state index >= 15 is 0 Å². The van der Waals surface area contributed by atoms with Gasteiger partial charge in [0, 0.05) is 5.56 Å². The van der Waals surface area contributed by atoms with Gasteiger partial charge in [0.1, 0.15) is 0 Å². The van der Waals surface area contributed by atoms with E-state index in [2.05, 4.69) is 0 Å². The van der Waals surface area contributed by atoms with E-state index in [1.165, 1.54) is 12.1 Å². The van der Waals surface area contributed by atoms with Gasteiger partial charge in [-0.3, -0.25) is 4.79 Å². The van der Waals surface area contributed by atoms with Crippen molar-refractivity contribution >= 4 is 16.6 Å². The summed E-state index contributed by atoms with van der Waals surface area (Å²) >= 11 is 0. The van der Waals surface area contributed by atoms with Crippen LogP contribution in [0.4, 0.5) is 13.2 Å². The van der Waals surface area contributed by atoms with Gasteiger partial charge in [0.05, 0.1) is 11.5 Å². The fraction of sp³-hybridized carbons (Fsp3) is 0.292. The second kappa shape index (κ2) is 7.08. The maximum absolute atomic E-state index is 13.4. The van der Waals surface area contributed by atoms with E-state index in [-0.39, 0.29) is 11.7 Å². The first-order valence-electron chi connectivity index (χ1n) is 9.64. The van der Waals surface area contributed by atoms with Crippen molar-refractivity contribution in [3.8, 4) is 0 Å². The molecule has 1 aliphatic carbocycles. The van der Waals surface area contributed by atoms with Crippen molar-refractivity contribution in [2.45, 2.75) is 44.7 Å². The van der Waals surface area contributed by atoms with Crippen LogP contribution in [0.3, 0.4) is 0 Å². The Morgan fingerprint density at radius 1 is 1.04 bits per heavy atom. The molecule has 0 saturated heterocycles. The zero-order valence-corrected chi connectivity index (χ0v) is 15.6. The van der Waals surface area contributed by atoms with E-state index in [0.717, 1.165) is 40.5 Å². The highest BCUT2D eigenvalue weighted by molar-refractivity contribution is 6.05. The predicted molar refractivity (Wildman–Crippen MR) is 105 cm³/mol. The van der Waals surface area contributed by atoms with E-state index in [4.69, 9.17) is 0 Å². The van der Waals surface area contributed by atoms with Crippen molar-refractivity contribution in [2.75, 3.05) is 0 Å². The topological polar surface area (TPSA) is 17.1 Å². The number of halogens is 3. The Bertz CT molecular complexity index is 1050. The monoisotopic (exact) mass is 382 g/mol. The summed E-state index contributed by atoms with van der Waals surface area (Å²) in [7, 11) is 0. The lowest BCUT2D eigenvalue weighted by molar-refractivity contribution is -0.137. The molecule has 0 aromatic heterocycles. The van der Waals surface area contributed by atoms with Crippen LogP contribution in [0, 0.1) is 0 Å². The Morgan fingerprint density at radius 2 is 1.82 bits per heavy atom. The first kappa shape index (κ1) is 18.7. The molecule has 0 saturated carbocycles. The number of aryl methyl sites for hydroxylation is 1. The third-order valence-corrected chi connectivity index (χ3v) is 5.62. The molecule has 3 aromatic rings. The van der Waals surface area contributed by atoms with Crippen LogP contribution in [0.1, 0.15) is 58.3 Å². The molecule has 0 fully saturated rings. The number of ketones is 1. The average Bonchev–Trinajstić information content (AvgIpc) is 3.01. The van der Waals surface area contributed by atoms with Crippen molar-refractivity contribution < 1.29 is 18.0 Å². The lowest BCUT2D eigenvalue weighted by Crippen LogP contribution is -2.08. The minimum absolute atomic E-state index is 0.0492. The summed E-state index contributed by atoms with van der Waals surface area (Å²) in [6.07, 6.45) is -1.41. The Labute approximate surface area is 162 Å². The molecule has 144 valence electrons. The van der Waals surface area contributed by atoms with Gasteiger partial charge < -0.3 is 0 Å². The zero-order chi connectivity index (χ0) is 19.9. The van der Waals surface area contributed by atoms with Crippen molar-refractivity contribution in [2.24, 2.45) is 0 Å². The van der Waals surface area contributed by atoms with E-state index in [9.17, 15) is 18.0 Å². The van der Waals surface area contributed by atoms with Crippen LogP contribution >= 0.6 is 0 Å². The van der Waals surface area contributed by atoms with Gasteiger partial charge in [-0.25, -0.2) is 0 Å². The van der Waals surface area contributed by atoms with Gasteiger partial charge in [0.25, 0.3) is 0 Å². The molecule has 1 nitrogen and oxygen atoms in total. The first-order valence-corrected chi connectivity index (χ1v) is 9.64. The number of carbonyl (C=O) groups is 1. The van der Waals surface area contributed by atoms with Crippen molar-refractivity contribution in [3.05, 3.63) is 82.4 Å². The van der Waals surface area contributed by atoms with Crippen LogP contribution in [0.5, 0.6) is 0 Å². The van der Waals surface area contributed by atoms with Gasteiger partial charge in [-0.15, -0.1) is 0 Å². The van der Waals surface area contributed by atoms with E-state index < -0.39 is 11.7 Å². The number of rotatable bonds is 4. The number of Topliss-reactive ketones (excluding diaryl/α,β-unsaturated/α-hetero) is 1. The number of fused-ring (bicyclic) bond motifs is 2. The quantitative estimate of drug-likeness (QED) is 0.489. The number of alkyl halides is 3. The second-order valence-corrected chi connectivity index (χ2v) is 7.50. The molecule has 28 heavy (non-hydrogen) atoms. The fourth-order valence-electron chi connectivity index (χ4n) is 4.13. The smallest absolute Gasteiger partial charge is 0.293 e. The minimum atomic E-state index is -4.38. The Morgan fingerprint density at radius 3 is 2.54 bits per heavy atom. The minimum Gasteiger partial charge on any atom is -0.293 e. The Kier molecular flexibility index (Phi) is 4.74. The molecule has 0 N–H and O–H groups in total. The molecule has 0 radical (unpaired) electrons. The number of unbranched alkanes of at least 4 members (excludes halogenated alkanes) is 1. The van der Waals surface area contributed by atoms with Gasteiger partial charge in [-0.05, 0) is 58.9 Å². The molecule has 0 spiro atoms. The molecule has 1 unspecified atom stereocenters. The number of hydrogen-bond donors (Lipinski definition) is 0. The van der Waals surface area contributed by atoms with Crippen LogP contribution in [-0.4, -0.2) is 5.78 Å². The van der Waals surface area contributed by atoms with Crippen molar-refractivity contribution in [1.29, 1.82) is 0 Å². The summed E-state index contributed by atoms with van der Waals surface area (Å²) in [6, 6.07) is 15.6. The van der Waals surface area contributed by atoms with Gasteiger partial charge in [-0.2, -0.15) is 13.2 Å². The van der Waals surface area contributed by atoms with Crippen molar-refractivity contribution in [3.63, 3.8) is 0 Å². The lowest BCUT2D eigenvalue weighted by Gasteiger charge is -2.15. The summed E-state index contributed by atoms with van der Waals surface area (Å²) in [5.41, 5.74) is 2.61. The zero-order valence-electron chi connectivity index (χ0n) is 15.6. The third-order valence-electron chi connectivity index (χ3n) is 5.62. The normalized spacial score (nSPS) is 16.6. The Balaban J connectivity index is 1.79. The van der Waals surface area contributed by atoms with Crippen LogP contribution in [-0.2, 0) is 19.0 Å². The van der Waals surface area contributed by atoms with Crippen LogP contribution in [0.25, 0.3) is 10.8 Å². The van der Waals surface area contributed by atoms with Gasteiger partial charge in [-0.1, -0.05) is 55.8 Å². The van der Waals surface area contributed by atoms with Crippen LogP contribution in [0.2, 0.25) is 0 Å². The molecule has 4 heteroatoms. The standard InChI is InChI=1S/C24H21F3O/c1-2-3-6-15-12-19(24(25,26)27)13-18-11-17(9-10-20(15)18)22-14-16-7-4-5-8-21(16)23(22)28/h4-5,7-13,22H,2-3,6,14H2,1H3. The number of benzene rings is 3. The van der Waals surface area contributed by atoms with Gasteiger partial charge >= 0.3 is 6.18 Å². The highest BCUT2D eigenvalue weighted by Crippen LogP contribution is 2.38. The highest BCUT2D eigenvalue weighted by Gasteiger charge is 2.33. The number of hydrogen-bond acceptors (Lipinski definition) is 1. The number of carbonyl (C=O) groups excluding carboxylic acids is 1. The molecule has 0 aliphatic heterocycles. The van der Waals surface area contributed by atoms with Gasteiger partial charge in [0.2, 0.25) is 0 Å². The summed E-state index contributed by atoms with van der Waals surface area (Å²) in [5.74, 6) is -0.274. The summed E-state index contributed by atoms with van der Waals surface area (Å²) in [4.78, 5) is 12.8. The SMILES string of the molecule is CCCCc1cc(C(F)(F)F)cc2cc(C3Cc4ccccc4C3=O)ccc12. The molecule has 3 aromatic carbocycles. The summed E-state index contributed by atoms with van der Waals surface area (Å²) < 4.78 is 40.2. The maximum Gasteiger partial charge on any atom is 0.416 e. The Hall–Kier alpha value is -2.62.